The molecule has 0 aliphatic rings. The number of halogens is 2. The molecule has 0 fully saturated rings. The predicted octanol–water partition coefficient (Wildman–Crippen LogP) is 1.69. The summed E-state index contributed by atoms with van der Waals surface area (Å²) in [5.41, 5.74) is 4.84. The van der Waals surface area contributed by atoms with Gasteiger partial charge in [-0.2, -0.15) is 0 Å². The van der Waals surface area contributed by atoms with Crippen molar-refractivity contribution in [2.75, 3.05) is 11.1 Å². The van der Waals surface area contributed by atoms with Gasteiger partial charge in [-0.1, -0.05) is 15.9 Å². The second kappa shape index (κ2) is 3.74. The largest absolute Gasteiger partial charge is 0.506 e. The van der Waals surface area contributed by atoms with Crippen LogP contribution in [0.4, 0.5) is 10.1 Å². The lowest BCUT2D eigenvalue weighted by molar-refractivity contribution is 0.102. The molecular formula is C8H7BrFNO2. The molecule has 0 spiro atoms. The molecule has 3 N–H and O–H groups in total. The Balaban J connectivity index is 3.33. The van der Waals surface area contributed by atoms with Crippen LogP contribution < -0.4 is 5.73 Å². The van der Waals surface area contributed by atoms with Crippen molar-refractivity contribution < 1.29 is 14.3 Å². The summed E-state index contributed by atoms with van der Waals surface area (Å²) >= 11 is 2.89. The number of Topliss-reactive ketones (excluding diaryl/α,β-unsaturated/α-hetero) is 1. The Kier molecular flexibility index (Phi) is 2.87. The van der Waals surface area contributed by atoms with E-state index >= 15 is 0 Å². The molecule has 0 atom stereocenters. The van der Waals surface area contributed by atoms with Crippen LogP contribution in [0.25, 0.3) is 0 Å². The van der Waals surface area contributed by atoms with Crippen LogP contribution in [0.15, 0.2) is 12.1 Å². The van der Waals surface area contributed by atoms with Gasteiger partial charge in [-0.25, -0.2) is 4.39 Å². The fourth-order valence-electron chi connectivity index (χ4n) is 0.932. The fraction of sp³-hybridized carbons (Fsp3) is 0.125. The Morgan fingerprint density at radius 2 is 2.23 bits per heavy atom. The van der Waals surface area contributed by atoms with Gasteiger partial charge in [-0.05, 0) is 12.1 Å². The van der Waals surface area contributed by atoms with E-state index in [-0.39, 0.29) is 22.3 Å². The minimum atomic E-state index is -0.722. The van der Waals surface area contributed by atoms with Crippen molar-refractivity contribution in [2.24, 2.45) is 0 Å². The van der Waals surface area contributed by atoms with Crippen molar-refractivity contribution in [2.45, 2.75) is 0 Å². The number of carbonyl (C=O) groups excluding carboxylic acids is 1. The third-order valence-electron chi connectivity index (χ3n) is 1.57. The third-order valence-corrected chi connectivity index (χ3v) is 2.08. The van der Waals surface area contributed by atoms with E-state index in [1.807, 2.05) is 0 Å². The maximum atomic E-state index is 13.0. The molecule has 1 aromatic rings. The average molecular weight is 248 g/mol. The second-order valence-corrected chi connectivity index (χ2v) is 2.97. The number of carbonyl (C=O) groups is 1. The van der Waals surface area contributed by atoms with Gasteiger partial charge in [0.2, 0.25) is 0 Å². The van der Waals surface area contributed by atoms with Crippen molar-refractivity contribution >= 4 is 27.4 Å². The predicted molar refractivity (Wildman–Crippen MR) is 50.6 cm³/mol. The number of nitrogen functional groups attached to an aromatic ring is 1. The van der Waals surface area contributed by atoms with Crippen LogP contribution in [-0.2, 0) is 0 Å². The SMILES string of the molecule is Nc1c(O)ccc(F)c1C(=O)CBr. The maximum Gasteiger partial charge on any atom is 0.178 e. The number of phenolic OH excluding ortho intramolecular Hbond substituents is 1. The summed E-state index contributed by atoms with van der Waals surface area (Å²) in [6, 6.07) is 2.11. The van der Waals surface area contributed by atoms with Crippen molar-refractivity contribution in [3.05, 3.63) is 23.5 Å². The van der Waals surface area contributed by atoms with Gasteiger partial charge in [0.05, 0.1) is 16.6 Å². The summed E-state index contributed by atoms with van der Waals surface area (Å²) in [6.45, 7) is 0. The van der Waals surface area contributed by atoms with Crippen LogP contribution in [0.3, 0.4) is 0 Å². The van der Waals surface area contributed by atoms with Crippen LogP contribution in [-0.4, -0.2) is 16.2 Å². The molecule has 1 aromatic carbocycles. The zero-order valence-corrected chi connectivity index (χ0v) is 8.14. The molecule has 5 heteroatoms. The molecule has 0 heterocycles. The van der Waals surface area contributed by atoms with Crippen LogP contribution >= 0.6 is 15.9 Å². The molecule has 0 aromatic heterocycles. The molecular weight excluding hydrogens is 241 g/mol. The van der Waals surface area contributed by atoms with Crippen molar-refractivity contribution in [1.29, 1.82) is 0 Å². The lowest BCUT2D eigenvalue weighted by Gasteiger charge is -2.05. The summed E-state index contributed by atoms with van der Waals surface area (Å²) in [5.74, 6) is -1.50. The Morgan fingerprint density at radius 1 is 1.62 bits per heavy atom. The van der Waals surface area contributed by atoms with E-state index in [2.05, 4.69) is 15.9 Å². The summed E-state index contributed by atoms with van der Waals surface area (Å²) in [7, 11) is 0. The minimum absolute atomic E-state index is 0.0302. The van der Waals surface area contributed by atoms with Crippen LogP contribution in [0.1, 0.15) is 10.4 Å². The number of hydrogen-bond acceptors (Lipinski definition) is 3. The number of ketones is 1. The summed E-state index contributed by atoms with van der Waals surface area (Å²) in [5, 5.41) is 9.08. The van der Waals surface area contributed by atoms with Gasteiger partial charge in [-0.3, -0.25) is 4.79 Å². The molecule has 0 unspecified atom stereocenters. The highest BCUT2D eigenvalue weighted by Gasteiger charge is 2.16. The highest BCUT2D eigenvalue weighted by Crippen LogP contribution is 2.26. The Bertz CT molecular complexity index is 354. The van der Waals surface area contributed by atoms with E-state index < -0.39 is 11.6 Å². The smallest absolute Gasteiger partial charge is 0.178 e. The number of rotatable bonds is 2. The monoisotopic (exact) mass is 247 g/mol. The number of hydrogen-bond donors (Lipinski definition) is 2. The number of anilines is 1. The standard InChI is InChI=1S/C8H7BrFNO2/c9-3-6(13)7-4(10)1-2-5(12)8(7)11/h1-2,12H,3,11H2. The van der Waals surface area contributed by atoms with Crippen LogP contribution in [0, 0.1) is 5.82 Å². The van der Waals surface area contributed by atoms with E-state index in [0.29, 0.717) is 0 Å². The highest BCUT2D eigenvalue weighted by atomic mass is 79.9. The number of aromatic hydroxyl groups is 1. The number of nitrogens with two attached hydrogens (primary N) is 1. The molecule has 0 saturated heterocycles. The third kappa shape index (κ3) is 1.80. The molecule has 0 aliphatic carbocycles. The highest BCUT2D eigenvalue weighted by molar-refractivity contribution is 9.09. The van der Waals surface area contributed by atoms with Crippen molar-refractivity contribution in [1.82, 2.24) is 0 Å². The second-order valence-electron chi connectivity index (χ2n) is 2.41. The molecule has 0 radical (unpaired) electrons. The Morgan fingerprint density at radius 3 is 2.77 bits per heavy atom. The molecule has 0 bridgehead atoms. The molecule has 0 aliphatic heterocycles. The number of alkyl halides is 1. The van der Waals surface area contributed by atoms with E-state index in [9.17, 15) is 9.18 Å². The van der Waals surface area contributed by atoms with E-state index in [0.717, 1.165) is 12.1 Å². The first-order valence-electron chi connectivity index (χ1n) is 3.44. The molecule has 3 nitrogen and oxygen atoms in total. The van der Waals surface area contributed by atoms with Gasteiger partial charge >= 0.3 is 0 Å². The topological polar surface area (TPSA) is 63.3 Å². The molecule has 0 amide bonds. The maximum absolute atomic E-state index is 13.0. The number of benzene rings is 1. The average Bonchev–Trinajstić information content (AvgIpc) is 2.12. The molecule has 13 heavy (non-hydrogen) atoms. The minimum Gasteiger partial charge on any atom is -0.506 e. The normalized spacial score (nSPS) is 10.0. The first kappa shape index (κ1) is 9.98. The van der Waals surface area contributed by atoms with Gasteiger partial charge in [0.15, 0.2) is 5.78 Å². The summed E-state index contributed by atoms with van der Waals surface area (Å²) in [4.78, 5) is 11.1. The van der Waals surface area contributed by atoms with Gasteiger partial charge in [0.25, 0.3) is 0 Å². The van der Waals surface area contributed by atoms with E-state index in [1.165, 1.54) is 0 Å². The summed E-state index contributed by atoms with van der Waals surface area (Å²) in [6.07, 6.45) is 0. The quantitative estimate of drug-likeness (QED) is 0.362. The zero-order valence-electron chi connectivity index (χ0n) is 6.55. The first-order chi connectivity index (χ1) is 6.07. The van der Waals surface area contributed by atoms with Gasteiger partial charge in [0.1, 0.15) is 11.6 Å². The van der Waals surface area contributed by atoms with E-state index in [1.54, 1.807) is 0 Å². The molecule has 70 valence electrons. The van der Waals surface area contributed by atoms with Gasteiger partial charge in [0, 0.05) is 0 Å². The van der Waals surface area contributed by atoms with Gasteiger partial charge in [-0.15, -0.1) is 0 Å². The number of phenols is 1. The zero-order chi connectivity index (χ0) is 10.0. The fourth-order valence-corrected chi connectivity index (χ4v) is 1.21. The Labute approximate surface area is 82.5 Å². The van der Waals surface area contributed by atoms with E-state index in [4.69, 9.17) is 10.8 Å². The lowest BCUT2D eigenvalue weighted by atomic mass is 10.1. The first-order valence-corrected chi connectivity index (χ1v) is 4.56. The summed E-state index contributed by atoms with van der Waals surface area (Å²) < 4.78 is 13.0. The van der Waals surface area contributed by atoms with Crippen LogP contribution in [0.2, 0.25) is 0 Å². The van der Waals surface area contributed by atoms with Crippen molar-refractivity contribution in [3.63, 3.8) is 0 Å². The molecule has 0 saturated carbocycles. The molecule has 1 rings (SSSR count). The van der Waals surface area contributed by atoms with Crippen molar-refractivity contribution in [3.8, 4) is 5.75 Å². The van der Waals surface area contributed by atoms with Crippen LogP contribution in [0.5, 0.6) is 5.75 Å². The van der Waals surface area contributed by atoms with Gasteiger partial charge < -0.3 is 10.8 Å². The Hall–Kier alpha value is -1.10. The lowest BCUT2D eigenvalue weighted by Crippen LogP contribution is -2.07.